The van der Waals surface area contributed by atoms with Crippen LogP contribution in [-0.4, -0.2) is 24.9 Å². The van der Waals surface area contributed by atoms with Gasteiger partial charge in [0.15, 0.2) is 11.3 Å². The van der Waals surface area contributed by atoms with Gasteiger partial charge in [-0.15, -0.1) is 0 Å². The molecule has 5 nitrogen and oxygen atoms in total. The molecule has 0 atom stereocenters. The Balaban J connectivity index is 1.84. The molecule has 0 fully saturated rings. The van der Waals surface area contributed by atoms with E-state index in [2.05, 4.69) is 60.5 Å². The first-order chi connectivity index (χ1) is 13.2. The number of benzene rings is 1. The molecular weight excluding hydrogens is 470 g/mol. The first-order valence-corrected chi connectivity index (χ1v) is 10.4. The Bertz CT molecular complexity index is 1030. The van der Waals surface area contributed by atoms with Crippen LogP contribution in [0.1, 0.15) is 11.4 Å². The third-order valence-electron chi connectivity index (χ3n) is 4.19. The van der Waals surface area contributed by atoms with Gasteiger partial charge < -0.3 is 5.43 Å². The quantitative estimate of drug-likeness (QED) is 0.565. The largest absolute Gasteiger partial charge is 0.318 e. The van der Waals surface area contributed by atoms with E-state index in [4.69, 9.17) is 9.98 Å². The molecule has 4 rings (SSSR count). The molecule has 0 bridgehead atoms. The summed E-state index contributed by atoms with van der Waals surface area (Å²) in [6, 6.07) is 16.1. The second-order valence-corrected chi connectivity index (χ2v) is 9.27. The highest BCUT2D eigenvalue weighted by molar-refractivity contribution is 9.24. The zero-order valence-electron chi connectivity index (χ0n) is 14.4. The van der Waals surface area contributed by atoms with Gasteiger partial charge in [0.2, 0.25) is 0 Å². The van der Waals surface area contributed by atoms with Crippen molar-refractivity contribution in [1.82, 2.24) is 14.6 Å². The van der Waals surface area contributed by atoms with Gasteiger partial charge in [0.05, 0.1) is 22.5 Å². The van der Waals surface area contributed by atoms with E-state index in [0.717, 1.165) is 33.7 Å². The minimum atomic E-state index is 0.0892. The normalized spacial score (nSPS) is 15.2. The van der Waals surface area contributed by atoms with E-state index in [1.807, 2.05) is 47.3 Å². The average Bonchev–Trinajstić information content (AvgIpc) is 3.10. The summed E-state index contributed by atoms with van der Waals surface area (Å²) in [6.07, 6.45) is 5.71. The van der Waals surface area contributed by atoms with Crippen LogP contribution in [0, 0.1) is 0 Å². The van der Waals surface area contributed by atoms with Gasteiger partial charge in [0, 0.05) is 29.6 Å². The Morgan fingerprint density at radius 3 is 2.78 bits per heavy atom. The van der Waals surface area contributed by atoms with Crippen molar-refractivity contribution >= 4 is 37.4 Å². The second-order valence-electron chi connectivity index (χ2n) is 6.06. The lowest BCUT2D eigenvalue weighted by molar-refractivity contribution is 0.797. The first kappa shape index (κ1) is 18.1. The molecule has 2 aromatic heterocycles. The molecule has 0 spiro atoms. The molecule has 1 aliphatic heterocycles. The third-order valence-corrected chi connectivity index (χ3v) is 4.72. The van der Waals surface area contributed by atoms with Crippen LogP contribution >= 0.6 is 31.9 Å². The SMILES string of the molecule is BrC(Br)/C=C1\CNn2c1nc(-c1ccccc1)cc2=NCc1cccnc1. The number of halogens is 2. The molecular formula is C20H17Br2N5. The zero-order chi connectivity index (χ0) is 18.6. The summed E-state index contributed by atoms with van der Waals surface area (Å²) >= 11 is 7.05. The molecule has 0 aliphatic carbocycles. The van der Waals surface area contributed by atoms with E-state index >= 15 is 0 Å². The third kappa shape index (κ3) is 4.20. The van der Waals surface area contributed by atoms with E-state index in [9.17, 15) is 0 Å². The number of allylic oxidation sites excluding steroid dienone is 1. The van der Waals surface area contributed by atoms with E-state index in [-0.39, 0.29) is 3.74 Å². The lowest BCUT2D eigenvalue weighted by Gasteiger charge is -2.09. The molecule has 3 aromatic rings. The number of aromatic nitrogens is 3. The van der Waals surface area contributed by atoms with E-state index in [1.165, 1.54) is 0 Å². The van der Waals surface area contributed by atoms with Crippen molar-refractivity contribution < 1.29 is 0 Å². The Hall–Kier alpha value is -2.25. The lowest BCUT2D eigenvalue weighted by Crippen LogP contribution is -2.28. The van der Waals surface area contributed by atoms with Gasteiger partial charge in [-0.05, 0) is 11.6 Å². The number of nitrogens with one attached hydrogen (secondary N) is 1. The molecule has 3 heterocycles. The van der Waals surface area contributed by atoms with Crippen LogP contribution in [0.4, 0.5) is 0 Å². The minimum absolute atomic E-state index is 0.0892. The lowest BCUT2D eigenvalue weighted by atomic mass is 10.1. The molecule has 1 N–H and O–H groups in total. The Morgan fingerprint density at radius 2 is 2.04 bits per heavy atom. The molecule has 0 unspecified atom stereocenters. The van der Waals surface area contributed by atoms with Crippen molar-refractivity contribution in [2.75, 3.05) is 12.0 Å². The maximum atomic E-state index is 4.89. The number of fused-ring (bicyclic) bond motifs is 1. The summed E-state index contributed by atoms with van der Waals surface area (Å²) in [5.74, 6) is 0.880. The average molecular weight is 487 g/mol. The standard InChI is InChI=1S/C20H17Br2N5/c21-18(22)9-16-13-25-27-19(24-12-14-5-4-8-23-11-14)10-17(26-20(16)27)15-6-2-1-3-7-15/h1-11,18,25H,12-13H2/b16-9+,24-19?. The molecule has 7 heteroatoms. The van der Waals surface area contributed by atoms with Crippen LogP contribution in [-0.2, 0) is 6.54 Å². The highest BCUT2D eigenvalue weighted by Gasteiger charge is 2.19. The van der Waals surface area contributed by atoms with Crippen molar-refractivity contribution in [1.29, 1.82) is 0 Å². The molecule has 0 radical (unpaired) electrons. The highest BCUT2D eigenvalue weighted by Crippen LogP contribution is 2.23. The number of rotatable bonds is 4. The molecule has 0 saturated carbocycles. The van der Waals surface area contributed by atoms with Gasteiger partial charge in [-0.2, -0.15) is 0 Å². The van der Waals surface area contributed by atoms with Crippen molar-refractivity contribution in [2.24, 2.45) is 4.99 Å². The fraction of sp³-hybridized carbons (Fsp3) is 0.150. The summed E-state index contributed by atoms with van der Waals surface area (Å²) in [5.41, 5.74) is 8.37. The Labute approximate surface area is 174 Å². The van der Waals surface area contributed by atoms with E-state index in [0.29, 0.717) is 13.1 Å². The van der Waals surface area contributed by atoms with Crippen LogP contribution < -0.4 is 10.9 Å². The van der Waals surface area contributed by atoms with Gasteiger partial charge in [0.1, 0.15) is 0 Å². The monoisotopic (exact) mass is 485 g/mol. The van der Waals surface area contributed by atoms with Crippen LogP contribution in [0.3, 0.4) is 0 Å². The van der Waals surface area contributed by atoms with E-state index in [1.54, 1.807) is 6.20 Å². The summed E-state index contributed by atoms with van der Waals surface area (Å²) in [7, 11) is 0. The van der Waals surface area contributed by atoms with Crippen molar-refractivity contribution in [3.63, 3.8) is 0 Å². The summed E-state index contributed by atoms with van der Waals surface area (Å²) in [6.45, 7) is 1.26. The van der Waals surface area contributed by atoms with E-state index < -0.39 is 0 Å². The molecule has 136 valence electrons. The molecule has 27 heavy (non-hydrogen) atoms. The van der Waals surface area contributed by atoms with Crippen LogP contribution in [0.15, 0.2) is 72.0 Å². The molecule has 0 amide bonds. The Kier molecular flexibility index (Phi) is 5.50. The number of pyridine rings is 1. The molecule has 0 saturated heterocycles. The fourth-order valence-electron chi connectivity index (χ4n) is 2.93. The topological polar surface area (TPSA) is 55.1 Å². The second kappa shape index (κ2) is 8.19. The molecule has 1 aliphatic rings. The minimum Gasteiger partial charge on any atom is -0.318 e. The highest BCUT2D eigenvalue weighted by atomic mass is 79.9. The van der Waals surface area contributed by atoms with Crippen molar-refractivity contribution in [2.45, 2.75) is 10.3 Å². The smallest absolute Gasteiger partial charge is 0.158 e. The molecule has 1 aromatic carbocycles. The predicted octanol–water partition coefficient (Wildman–Crippen LogP) is 4.10. The maximum Gasteiger partial charge on any atom is 0.158 e. The van der Waals surface area contributed by atoms with Crippen LogP contribution in [0.5, 0.6) is 0 Å². The van der Waals surface area contributed by atoms with Gasteiger partial charge >= 0.3 is 0 Å². The van der Waals surface area contributed by atoms with Crippen molar-refractivity contribution in [3.05, 3.63) is 83.9 Å². The zero-order valence-corrected chi connectivity index (χ0v) is 17.6. The number of hydrogen-bond donors (Lipinski definition) is 1. The predicted molar refractivity (Wildman–Crippen MR) is 115 cm³/mol. The number of alkyl halides is 2. The Morgan fingerprint density at radius 1 is 1.19 bits per heavy atom. The van der Waals surface area contributed by atoms with Crippen LogP contribution in [0.25, 0.3) is 16.8 Å². The summed E-state index contributed by atoms with van der Waals surface area (Å²) in [5, 5.41) is 0. The van der Waals surface area contributed by atoms with Crippen molar-refractivity contribution in [3.8, 4) is 11.3 Å². The van der Waals surface area contributed by atoms with Gasteiger partial charge in [-0.3, -0.25) is 9.98 Å². The van der Waals surface area contributed by atoms with Gasteiger partial charge in [-0.25, -0.2) is 9.66 Å². The maximum absolute atomic E-state index is 4.89. The van der Waals surface area contributed by atoms with Gasteiger partial charge in [-0.1, -0.05) is 74.3 Å². The summed E-state index contributed by atoms with van der Waals surface area (Å²) in [4.78, 5) is 13.9. The fourth-order valence-corrected chi connectivity index (χ4v) is 3.57. The first-order valence-electron chi connectivity index (χ1n) is 8.53. The summed E-state index contributed by atoms with van der Waals surface area (Å²) < 4.78 is 2.04. The van der Waals surface area contributed by atoms with Gasteiger partial charge in [0.25, 0.3) is 0 Å². The number of hydrogen-bond acceptors (Lipinski definition) is 4. The van der Waals surface area contributed by atoms with Crippen LogP contribution in [0.2, 0.25) is 0 Å². The number of nitrogens with zero attached hydrogens (tertiary/aromatic N) is 4.